The van der Waals surface area contributed by atoms with Gasteiger partial charge in [-0.3, -0.25) is 0 Å². The summed E-state index contributed by atoms with van der Waals surface area (Å²) in [4.78, 5) is 0. The lowest BCUT2D eigenvalue weighted by molar-refractivity contribution is 0.437. The fourth-order valence-corrected chi connectivity index (χ4v) is 7.92. The lowest BCUT2D eigenvalue weighted by atomic mass is 9.93. The number of benzene rings is 3. The van der Waals surface area contributed by atoms with E-state index in [1.807, 2.05) is 24.3 Å². The van der Waals surface area contributed by atoms with E-state index in [0.717, 1.165) is 23.5 Å². The zero-order valence-electron chi connectivity index (χ0n) is 20.2. The summed E-state index contributed by atoms with van der Waals surface area (Å²) in [6, 6.07) is 25.5. The molecule has 0 atom stereocenters. The van der Waals surface area contributed by atoms with Crippen molar-refractivity contribution in [3.63, 3.8) is 0 Å². The summed E-state index contributed by atoms with van der Waals surface area (Å²) in [7, 11) is -0.0901. The number of hydrogen-bond acceptors (Lipinski definition) is 0. The molecule has 0 saturated carbocycles. The van der Waals surface area contributed by atoms with E-state index in [1.54, 1.807) is 6.07 Å². The van der Waals surface area contributed by atoms with E-state index in [9.17, 15) is 8.78 Å². The maximum absolute atomic E-state index is 13.5. The summed E-state index contributed by atoms with van der Waals surface area (Å²) in [6.07, 6.45) is 12.5. The maximum Gasteiger partial charge on any atom is 0.159 e. The van der Waals surface area contributed by atoms with E-state index in [1.165, 1.54) is 73.5 Å². The number of rotatable bonds is 9. The average molecular weight is 474 g/mol. The molecule has 1 radical (unpaired) electrons. The first-order valence-electron chi connectivity index (χ1n) is 12.8. The second kappa shape index (κ2) is 12.3. The highest BCUT2D eigenvalue weighted by molar-refractivity contribution is 6.59. The van der Waals surface area contributed by atoms with Crippen molar-refractivity contribution in [3.05, 3.63) is 96.1 Å². The Kier molecular flexibility index (Phi) is 8.87. The molecule has 0 N–H and O–H groups in total. The minimum absolute atomic E-state index is 0.0901. The topological polar surface area (TPSA) is 0 Å². The molecule has 177 valence electrons. The zero-order valence-corrected chi connectivity index (χ0v) is 21.2. The maximum atomic E-state index is 13.5. The van der Waals surface area contributed by atoms with E-state index < -0.39 is 11.6 Å². The molecule has 0 bridgehead atoms. The molecule has 0 amide bonds. The molecule has 1 aliphatic heterocycles. The average Bonchev–Trinajstić information content (AvgIpc) is 2.88. The van der Waals surface area contributed by atoms with Crippen LogP contribution in [0.4, 0.5) is 8.78 Å². The van der Waals surface area contributed by atoms with Crippen molar-refractivity contribution in [2.24, 2.45) is 5.92 Å². The van der Waals surface area contributed by atoms with Crippen LogP contribution in [0.2, 0.25) is 18.1 Å². The monoisotopic (exact) mass is 473 g/mol. The van der Waals surface area contributed by atoms with Crippen molar-refractivity contribution < 1.29 is 8.78 Å². The zero-order chi connectivity index (χ0) is 23.8. The molecular formula is C31H35F2Si. The number of hydrogen-bond donors (Lipinski definition) is 0. The summed E-state index contributed by atoms with van der Waals surface area (Å²) < 4.78 is 26.7. The number of allylic oxidation sites excluding steroid dienone is 2. The molecule has 1 heterocycles. The molecule has 1 saturated heterocycles. The Bertz CT molecular complexity index is 1060. The van der Waals surface area contributed by atoms with E-state index in [0.29, 0.717) is 5.56 Å². The van der Waals surface area contributed by atoms with Gasteiger partial charge < -0.3 is 0 Å². The molecule has 0 spiro atoms. The summed E-state index contributed by atoms with van der Waals surface area (Å²) in [6.45, 7) is 2.21. The standard InChI is InChI=1S/C31H35F2Si/c1-2-3-4-5-20-34-21-18-25(19-22-34)7-6-24-8-10-26(11-9-24)27-12-14-28(15-13-27)29-16-17-30(32)31(33)23-29/h3-4,8-17,23,25H,2,5-7,18-22H2,1H3/b4-3+. The summed E-state index contributed by atoms with van der Waals surface area (Å²) in [5, 5.41) is 0. The SMILES string of the molecule is CC/C=C/CC[Si]1CCC(CCc2ccc(-c3ccc(-c4ccc(F)c(F)c4)cc3)cc2)CC1. The largest absolute Gasteiger partial charge is 0.204 e. The van der Waals surface area contributed by atoms with Crippen LogP contribution in [0.1, 0.15) is 44.6 Å². The lowest BCUT2D eigenvalue weighted by Crippen LogP contribution is -2.21. The van der Waals surface area contributed by atoms with Gasteiger partial charge in [-0.1, -0.05) is 105 Å². The van der Waals surface area contributed by atoms with Gasteiger partial charge in [0.05, 0.1) is 0 Å². The summed E-state index contributed by atoms with van der Waals surface area (Å²) >= 11 is 0. The van der Waals surface area contributed by atoms with E-state index >= 15 is 0 Å². The Morgan fingerprint density at radius 3 is 1.97 bits per heavy atom. The Labute approximate surface area is 205 Å². The van der Waals surface area contributed by atoms with Crippen LogP contribution < -0.4 is 0 Å². The minimum Gasteiger partial charge on any atom is -0.204 e. The van der Waals surface area contributed by atoms with Crippen LogP contribution in [0.25, 0.3) is 22.3 Å². The van der Waals surface area contributed by atoms with Crippen LogP contribution in [0.3, 0.4) is 0 Å². The van der Waals surface area contributed by atoms with Gasteiger partial charge in [-0.05, 0) is 71.6 Å². The highest BCUT2D eigenvalue weighted by Gasteiger charge is 2.21. The number of aryl methyl sites for hydroxylation is 1. The fourth-order valence-electron chi connectivity index (χ4n) is 4.96. The Morgan fingerprint density at radius 2 is 1.35 bits per heavy atom. The lowest BCUT2D eigenvalue weighted by Gasteiger charge is -2.27. The van der Waals surface area contributed by atoms with Gasteiger partial charge in [0.25, 0.3) is 0 Å². The van der Waals surface area contributed by atoms with Gasteiger partial charge >= 0.3 is 0 Å². The van der Waals surface area contributed by atoms with Crippen LogP contribution in [0.15, 0.2) is 78.9 Å². The van der Waals surface area contributed by atoms with Gasteiger partial charge in [0, 0.05) is 8.80 Å². The third-order valence-corrected chi connectivity index (χ3v) is 10.1. The highest BCUT2D eigenvalue weighted by atomic mass is 28.3. The first kappa shape index (κ1) is 24.6. The van der Waals surface area contributed by atoms with Gasteiger partial charge in [-0.25, -0.2) is 8.78 Å². The molecule has 0 aromatic heterocycles. The second-order valence-electron chi connectivity index (χ2n) is 9.55. The normalized spacial score (nSPS) is 15.3. The van der Waals surface area contributed by atoms with E-state index in [2.05, 4.69) is 43.3 Å². The van der Waals surface area contributed by atoms with Gasteiger partial charge in [-0.15, -0.1) is 0 Å². The third-order valence-electron chi connectivity index (χ3n) is 7.15. The number of halogens is 2. The first-order valence-corrected chi connectivity index (χ1v) is 14.9. The summed E-state index contributed by atoms with van der Waals surface area (Å²) in [5.41, 5.74) is 5.30. The predicted molar refractivity (Wildman–Crippen MR) is 142 cm³/mol. The molecule has 4 rings (SSSR count). The molecule has 3 aromatic carbocycles. The molecule has 1 fully saturated rings. The van der Waals surface area contributed by atoms with Crippen LogP contribution in [0, 0.1) is 17.6 Å². The Hall–Kier alpha value is -2.52. The molecule has 0 unspecified atom stereocenters. The van der Waals surface area contributed by atoms with Crippen LogP contribution in [-0.4, -0.2) is 8.80 Å². The van der Waals surface area contributed by atoms with Crippen molar-refractivity contribution in [2.75, 3.05) is 0 Å². The second-order valence-corrected chi connectivity index (χ2v) is 12.6. The molecule has 3 aromatic rings. The first-order chi connectivity index (χ1) is 16.6. The molecular weight excluding hydrogens is 438 g/mol. The molecule has 1 aliphatic rings. The summed E-state index contributed by atoms with van der Waals surface area (Å²) in [5.74, 6) is -0.722. The smallest absolute Gasteiger partial charge is 0.159 e. The minimum atomic E-state index is -0.815. The van der Waals surface area contributed by atoms with Gasteiger partial charge in [0.2, 0.25) is 0 Å². The van der Waals surface area contributed by atoms with Crippen molar-refractivity contribution in [2.45, 2.75) is 63.6 Å². The highest BCUT2D eigenvalue weighted by Crippen LogP contribution is 2.31. The van der Waals surface area contributed by atoms with E-state index in [-0.39, 0.29) is 8.80 Å². The van der Waals surface area contributed by atoms with Crippen molar-refractivity contribution in [1.29, 1.82) is 0 Å². The molecule has 0 aliphatic carbocycles. The van der Waals surface area contributed by atoms with Crippen LogP contribution in [-0.2, 0) is 6.42 Å². The van der Waals surface area contributed by atoms with Crippen molar-refractivity contribution >= 4 is 8.80 Å². The van der Waals surface area contributed by atoms with Gasteiger partial charge in [-0.2, -0.15) is 0 Å². The molecule has 3 heteroatoms. The molecule has 0 nitrogen and oxygen atoms in total. The van der Waals surface area contributed by atoms with Crippen LogP contribution >= 0.6 is 0 Å². The quantitative estimate of drug-likeness (QED) is 0.214. The van der Waals surface area contributed by atoms with Gasteiger partial charge in [0.15, 0.2) is 11.6 Å². The third kappa shape index (κ3) is 6.76. The Balaban J connectivity index is 1.26. The van der Waals surface area contributed by atoms with E-state index in [4.69, 9.17) is 0 Å². The van der Waals surface area contributed by atoms with Crippen molar-refractivity contribution in [3.8, 4) is 22.3 Å². The van der Waals surface area contributed by atoms with Gasteiger partial charge in [0.1, 0.15) is 0 Å². The Morgan fingerprint density at radius 1 is 0.765 bits per heavy atom. The predicted octanol–water partition coefficient (Wildman–Crippen LogP) is 9.49. The van der Waals surface area contributed by atoms with Crippen LogP contribution in [0.5, 0.6) is 0 Å². The van der Waals surface area contributed by atoms with Crippen molar-refractivity contribution in [1.82, 2.24) is 0 Å². The molecule has 34 heavy (non-hydrogen) atoms. The fraction of sp³-hybridized carbons (Fsp3) is 0.355.